The van der Waals surface area contributed by atoms with Crippen LogP contribution in [0.4, 0.5) is 18.9 Å². The minimum Gasteiger partial charge on any atom is -0.248 e. The summed E-state index contributed by atoms with van der Waals surface area (Å²) < 4.78 is 39.4. The van der Waals surface area contributed by atoms with Gasteiger partial charge in [-0.25, -0.2) is 4.99 Å². The summed E-state index contributed by atoms with van der Waals surface area (Å²) in [5.41, 5.74) is 1.57. The second-order valence-corrected chi connectivity index (χ2v) is 5.90. The Labute approximate surface area is 125 Å². The van der Waals surface area contributed by atoms with Crippen LogP contribution in [0.15, 0.2) is 23.2 Å². The zero-order chi connectivity index (χ0) is 16.2. The average molecular weight is 299 g/mol. The lowest BCUT2D eigenvalue weighted by molar-refractivity contribution is -0.0604. The normalized spacial score (nSPS) is 13.3. The molecule has 4 heteroatoms. The SMILES string of the molecule is CCCC(=Nc1c(C(C)C)cccc1C(C)C)C(F)(F)F. The molecule has 0 bridgehead atoms. The zero-order valence-electron chi connectivity index (χ0n) is 13.4. The summed E-state index contributed by atoms with van der Waals surface area (Å²) in [4.78, 5) is 4.05. The molecule has 0 spiro atoms. The molecule has 0 aliphatic heterocycles. The van der Waals surface area contributed by atoms with Crippen molar-refractivity contribution >= 4 is 11.4 Å². The predicted octanol–water partition coefficient (Wildman–Crippen LogP) is 6.37. The van der Waals surface area contributed by atoms with Crippen molar-refractivity contribution in [2.45, 2.75) is 65.5 Å². The number of para-hydroxylation sites is 1. The van der Waals surface area contributed by atoms with Crippen molar-refractivity contribution in [2.24, 2.45) is 4.99 Å². The Balaban J connectivity index is 3.51. The van der Waals surface area contributed by atoms with E-state index < -0.39 is 11.9 Å². The van der Waals surface area contributed by atoms with Gasteiger partial charge in [0.2, 0.25) is 0 Å². The average Bonchev–Trinajstić information content (AvgIpc) is 2.36. The van der Waals surface area contributed by atoms with Gasteiger partial charge in [-0.3, -0.25) is 0 Å². The van der Waals surface area contributed by atoms with Gasteiger partial charge in [-0.05, 0) is 29.4 Å². The quantitative estimate of drug-likeness (QED) is 0.560. The highest BCUT2D eigenvalue weighted by molar-refractivity contribution is 5.92. The lowest BCUT2D eigenvalue weighted by Gasteiger charge is -2.18. The first-order valence-electron chi connectivity index (χ1n) is 7.46. The summed E-state index contributed by atoms with van der Waals surface area (Å²) in [6.07, 6.45) is -3.99. The van der Waals surface area contributed by atoms with Crippen LogP contribution in [0.1, 0.15) is 70.4 Å². The molecule has 0 aromatic heterocycles. The molecule has 0 aliphatic rings. The molecule has 0 atom stereocenters. The van der Waals surface area contributed by atoms with Crippen molar-refractivity contribution < 1.29 is 13.2 Å². The molecular formula is C17H24F3N. The second kappa shape index (κ2) is 7.10. The highest BCUT2D eigenvalue weighted by Gasteiger charge is 2.35. The molecule has 0 fully saturated rings. The smallest absolute Gasteiger partial charge is 0.248 e. The molecule has 1 nitrogen and oxygen atoms in total. The first-order valence-corrected chi connectivity index (χ1v) is 7.46. The van der Waals surface area contributed by atoms with Crippen molar-refractivity contribution in [2.75, 3.05) is 0 Å². The third-order valence-electron chi connectivity index (χ3n) is 3.40. The first-order chi connectivity index (χ1) is 9.68. The fraction of sp³-hybridized carbons (Fsp3) is 0.588. The summed E-state index contributed by atoms with van der Waals surface area (Å²) in [6, 6.07) is 5.64. The number of halogens is 3. The third-order valence-corrected chi connectivity index (χ3v) is 3.40. The Hall–Kier alpha value is -1.32. The topological polar surface area (TPSA) is 12.4 Å². The van der Waals surface area contributed by atoms with Crippen molar-refractivity contribution in [3.8, 4) is 0 Å². The van der Waals surface area contributed by atoms with E-state index in [2.05, 4.69) is 4.99 Å². The van der Waals surface area contributed by atoms with Crippen LogP contribution in [-0.4, -0.2) is 11.9 Å². The highest BCUT2D eigenvalue weighted by atomic mass is 19.4. The first kappa shape index (κ1) is 17.7. The van der Waals surface area contributed by atoms with Gasteiger partial charge in [0.05, 0.1) is 5.69 Å². The number of alkyl halides is 3. The fourth-order valence-electron chi connectivity index (χ4n) is 2.27. The van der Waals surface area contributed by atoms with E-state index >= 15 is 0 Å². The van der Waals surface area contributed by atoms with E-state index in [9.17, 15) is 13.2 Å². The number of rotatable bonds is 5. The molecule has 0 saturated carbocycles. The van der Waals surface area contributed by atoms with Gasteiger partial charge < -0.3 is 0 Å². The van der Waals surface area contributed by atoms with E-state index in [4.69, 9.17) is 0 Å². The van der Waals surface area contributed by atoms with E-state index in [0.717, 1.165) is 11.1 Å². The maximum absolute atomic E-state index is 13.1. The Morgan fingerprint density at radius 3 is 1.86 bits per heavy atom. The Kier molecular flexibility index (Phi) is 5.99. The van der Waals surface area contributed by atoms with E-state index in [1.807, 2.05) is 45.9 Å². The monoisotopic (exact) mass is 299 g/mol. The Morgan fingerprint density at radius 2 is 1.52 bits per heavy atom. The Bertz CT molecular complexity index is 473. The molecule has 0 unspecified atom stereocenters. The molecule has 1 aromatic rings. The van der Waals surface area contributed by atoms with Crippen molar-refractivity contribution in [3.63, 3.8) is 0 Å². The van der Waals surface area contributed by atoms with Crippen LogP contribution < -0.4 is 0 Å². The standard InChI is InChI=1S/C17H24F3N/c1-6-8-15(17(18,19)20)21-16-13(11(2)3)9-7-10-14(16)12(4)5/h7,9-12H,6,8H2,1-5H3. The highest BCUT2D eigenvalue weighted by Crippen LogP contribution is 2.36. The number of nitrogens with zero attached hydrogens (tertiary/aromatic N) is 1. The predicted molar refractivity (Wildman–Crippen MR) is 82.7 cm³/mol. The molecular weight excluding hydrogens is 275 g/mol. The van der Waals surface area contributed by atoms with E-state index in [1.54, 1.807) is 6.92 Å². The summed E-state index contributed by atoms with van der Waals surface area (Å²) in [7, 11) is 0. The molecule has 0 N–H and O–H groups in total. The van der Waals surface area contributed by atoms with Gasteiger partial charge >= 0.3 is 6.18 Å². The van der Waals surface area contributed by atoms with Crippen molar-refractivity contribution in [1.82, 2.24) is 0 Å². The maximum Gasteiger partial charge on any atom is 0.429 e. The van der Waals surface area contributed by atoms with E-state index in [1.165, 1.54) is 0 Å². The molecule has 21 heavy (non-hydrogen) atoms. The van der Waals surface area contributed by atoms with Gasteiger partial charge in [0.1, 0.15) is 5.71 Å². The molecule has 0 saturated heterocycles. The molecule has 0 radical (unpaired) electrons. The van der Waals surface area contributed by atoms with Gasteiger partial charge in [0.25, 0.3) is 0 Å². The third kappa shape index (κ3) is 4.58. The number of aliphatic imine (C=N–C) groups is 1. The summed E-state index contributed by atoms with van der Waals surface area (Å²) in [6.45, 7) is 9.65. The molecule has 0 heterocycles. The summed E-state index contributed by atoms with van der Waals surface area (Å²) in [5.74, 6) is 0.275. The number of benzene rings is 1. The minimum atomic E-state index is -4.37. The second-order valence-electron chi connectivity index (χ2n) is 5.90. The van der Waals surface area contributed by atoms with Gasteiger partial charge in [0.15, 0.2) is 0 Å². The van der Waals surface area contributed by atoms with Crippen LogP contribution in [-0.2, 0) is 0 Å². The minimum absolute atomic E-state index is 0.0482. The molecule has 1 aromatic carbocycles. The van der Waals surface area contributed by atoms with Crippen LogP contribution >= 0.6 is 0 Å². The zero-order valence-corrected chi connectivity index (χ0v) is 13.4. The van der Waals surface area contributed by atoms with Crippen LogP contribution in [0.2, 0.25) is 0 Å². The van der Waals surface area contributed by atoms with Gasteiger partial charge in [-0.15, -0.1) is 0 Å². The van der Waals surface area contributed by atoms with Gasteiger partial charge in [0, 0.05) is 0 Å². The van der Waals surface area contributed by atoms with Gasteiger partial charge in [-0.2, -0.15) is 13.2 Å². The summed E-state index contributed by atoms with van der Waals surface area (Å²) in [5, 5.41) is 0. The number of hydrogen-bond donors (Lipinski definition) is 0. The number of hydrogen-bond acceptors (Lipinski definition) is 1. The Morgan fingerprint density at radius 1 is 1.05 bits per heavy atom. The van der Waals surface area contributed by atoms with Crippen LogP contribution in [0, 0.1) is 0 Å². The molecule has 118 valence electrons. The van der Waals surface area contributed by atoms with Crippen molar-refractivity contribution in [1.29, 1.82) is 0 Å². The largest absolute Gasteiger partial charge is 0.429 e. The molecule has 0 aliphatic carbocycles. The lowest BCUT2D eigenvalue weighted by Crippen LogP contribution is -2.22. The summed E-state index contributed by atoms with van der Waals surface area (Å²) >= 11 is 0. The van der Waals surface area contributed by atoms with Crippen LogP contribution in [0.5, 0.6) is 0 Å². The van der Waals surface area contributed by atoms with E-state index in [-0.39, 0.29) is 18.3 Å². The van der Waals surface area contributed by atoms with Crippen molar-refractivity contribution in [3.05, 3.63) is 29.3 Å². The maximum atomic E-state index is 13.1. The molecule has 0 amide bonds. The van der Waals surface area contributed by atoms with Crippen LogP contribution in [0.3, 0.4) is 0 Å². The molecule has 1 rings (SSSR count). The fourth-order valence-corrected chi connectivity index (χ4v) is 2.27. The van der Waals surface area contributed by atoms with Gasteiger partial charge in [-0.1, -0.05) is 59.2 Å². The van der Waals surface area contributed by atoms with Crippen LogP contribution in [0.25, 0.3) is 0 Å². The van der Waals surface area contributed by atoms with E-state index in [0.29, 0.717) is 12.1 Å². The lowest BCUT2D eigenvalue weighted by atomic mass is 9.93.